The lowest BCUT2D eigenvalue weighted by Gasteiger charge is -2.35. The van der Waals surface area contributed by atoms with Gasteiger partial charge in [-0.05, 0) is 57.6 Å². The van der Waals surface area contributed by atoms with Crippen LogP contribution in [0.1, 0.15) is 116 Å². The van der Waals surface area contributed by atoms with Crippen molar-refractivity contribution in [3.8, 4) is 42.8 Å². The summed E-state index contributed by atoms with van der Waals surface area (Å²) in [5.41, 5.74) is -0.103. The van der Waals surface area contributed by atoms with Crippen molar-refractivity contribution in [1.29, 1.82) is 0 Å². The molecule has 0 saturated carbocycles. The highest BCUT2D eigenvalue weighted by molar-refractivity contribution is 8.77. The van der Waals surface area contributed by atoms with Crippen molar-refractivity contribution in [2.24, 2.45) is 0 Å². The minimum atomic E-state index is -1.16. The third-order valence-electron chi connectivity index (χ3n) is 10.6. The largest absolute Gasteiger partial charge is 0.426 e. The number of hydrogen-bond donors (Lipinski definition) is 4. The number of esters is 1. The van der Waals surface area contributed by atoms with Gasteiger partial charge in [-0.1, -0.05) is 77.8 Å². The molecule has 1 aromatic carbocycles. The molecule has 20 heteroatoms. The standard InChI is InChI=1S/C55H82N4O14S2/c1-8-31-67-37-29-56-49(62)23-27-55(28-24-50(63)57-30-38-68-32-9-2,26-22-45(60)14-12-34-70-40-39-69-33-10-3)59-52(65)17-11-16-51(64)58-47(43-74-75-54(5,6)7)48(61)15-13-35-71-41-42-72-36-25-53(66)73-46-20-18-44(4)19-21-46/h1-3,18-21,47H,11-17,22-43H2,4-7H3,(H,56,62)(H,57,63)(H,58,64)(H,59,65)/t47-/m0/s1. The minimum Gasteiger partial charge on any atom is -0.426 e. The summed E-state index contributed by atoms with van der Waals surface area (Å²) < 4.78 is 37.6. The lowest BCUT2D eigenvalue weighted by Crippen LogP contribution is -2.50. The Balaban J connectivity index is 2.94. The van der Waals surface area contributed by atoms with Crippen molar-refractivity contribution in [2.45, 2.75) is 134 Å². The Morgan fingerprint density at radius 3 is 1.63 bits per heavy atom. The van der Waals surface area contributed by atoms with Gasteiger partial charge in [-0.2, -0.15) is 0 Å². The first-order valence-corrected chi connectivity index (χ1v) is 27.9. The molecule has 1 aromatic rings. The molecule has 4 amide bonds. The summed E-state index contributed by atoms with van der Waals surface area (Å²) in [6.45, 7) is 11.2. The molecule has 0 aliphatic carbocycles. The summed E-state index contributed by atoms with van der Waals surface area (Å²) in [6, 6.07) is 6.41. The zero-order valence-electron chi connectivity index (χ0n) is 44.7. The normalized spacial score (nSPS) is 11.6. The molecular weight excluding hydrogens is 1000 g/mol. The van der Waals surface area contributed by atoms with E-state index in [2.05, 4.69) is 59.8 Å². The molecule has 4 N–H and O–H groups in total. The second kappa shape index (κ2) is 43.2. The fourth-order valence-electron chi connectivity index (χ4n) is 6.78. The molecule has 0 aliphatic heterocycles. The van der Waals surface area contributed by atoms with Gasteiger partial charge in [0, 0.05) is 87.3 Å². The molecule has 0 aromatic heterocycles. The number of aryl methyl sites for hydroxylation is 1. The molecule has 1 atom stereocenters. The highest BCUT2D eigenvalue weighted by atomic mass is 33.1. The van der Waals surface area contributed by atoms with Gasteiger partial charge in [-0.3, -0.25) is 33.6 Å². The highest BCUT2D eigenvalue weighted by Crippen LogP contribution is 2.35. The van der Waals surface area contributed by atoms with E-state index in [4.69, 9.17) is 52.4 Å². The van der Waals surface area contributed by atoms with Gasteiger partial charge in [-0.15, -0.1) is 19.3 Å². The van der Waals surface area contributed by atoms with Gasteiger partial charge < -0.3 is 54.4 Å². The van der Waals surface area contributed by atoms with E-state index < -0.39 is 29.4 Å². The van der Waals surface area contributed by atoms with Crippen LogP contribution in [0.2, 0.25) is 0 Å². The first kappa shape index (κ1) is 68.1. The summed E-state index contributed by atoms with van der Waals surface area (Å²) in [5.74, 6) is 5.79. The number of carbonyl (C=O) groups is 7. The number of terminal acetylenes is 3. The van der Waals surface area contributed by atoms with Crippen molar-refractivity contribution in [1.82, 2.24) is 21.3 Å². The van der Waals surface area contributed by atoms with Gasteiger partial charge in [0.05, 0.1) is 58.7 Å². The summed E-state index contributed by atoms with van der Waals surface area (Å²) in [7, 11) is 3.09. The van der Waals surface area contributed by atoms with Crippen LogP contribution in [0.25, 0.3) is 0 Å². The van der Waals surface area contributed by atoms with Crippen LogP contribution in [0.4, 0.5) is 0 Å². The van der Waals surface area contributed by atoms with Crippen LogP contribution in [-0.2, 0) is 62.0 Å². The Labute approximate surface area is 453 Å². The van der Waals surface area contributed by atoms with Gasteiger partial charge in [0.15, 0.2) is 5.78 Å². The number of amides is 4. The van der Waals surface area contributed by atoms with E-state index in [-0.39, 0.29) is 171 Å². The van der Waals surface area contributed by atoms with Crippen molar-refractivity contribution >= 4 is 62.8 Å². The summed E-state index contributed by atoms with van der Waals surface area (Å²) in [5, 5.41) is 11.5. The van der Waals surface area contributed by atoms with Gasteiger partial charge in [-0.25, -0.2) is 0 Å². The van der Waals surface area contributed by atoms with E-state index in [0.717, 1.165) is 5.56 Å². The molecule has 0 spiro atoms. The fourth-order valence-corrected chi connectivity index (χ4v) is 9.28. The number of ketones is 2. The molecule has 418 valence electrons. The Morgan fingerprint density at radius 1 is 0.560 bits per heavy atom. The molecule has 0 aliphatic rings. The first-order chi connectivity index (χ1) is 36.0. The second-order valence-electron chi connectivity index (χ2n) is 18.3. The average molecular weight is 1090 g/mol. The predicted octanol–water partition coefficient (Wildman–Crippen LogP) is 5.25. The summed E-state index contributed by atoms with van der Waals surface area (Å²) in [4.78, 5) is 92.2. The topological polar surface area (TPSA) is 232 Å². The number of carbonyl (C=O) groups excluding carboxylic acids is 7. The molecular formula is C55H82N4O14S2. The van der Waals surface area contributed by atoms with Gasteiger partial charge in [0.2, 0.25) is 23.6 Å². The second-order valence-corrected chi connectivity index (χ2v) is 21.5. The van der Waals surface area contributed by atoms with Crippen LogP contribution in [0.5, 0.6) is 5.75 Å². The Kier molecular flexibility index (Phi) is 39.2. The number of rotatable bonds is 46. The van der Waals surface area contributed by atoms with Crippen LogP contribution in [-0.4, -0.2) is 156 Å². The Hall–Kier alpha value is -4.95. The van der Waals surface area contributed by atoms with Gasteiger partial charge in [0.1, 0.15) is 31.4 Å². The van der Waals surface area contributed by atoms with Crippen LogP contribution in [0.15, 0.2) is 24.3 Å². The van der Waals surface area contributed by atoms with E-state index >= 15 is 0 Å². The molecule has 0 radical (unpaired) electrons. The maximum absolute atomic E-state index is 13.8. The first-order valence-electron chi connectivity index (χ1n) is 25.5. The van der Waals surface area contributed by atoms with Crippen LogP contribution in [0, 0.1) is 44.0 Å². The minimum absolute atomic E-state index is 0.0420. The van der Waals surface area contributed by atoms with Crippen LogP contribution < -0.4 is 26.0 Å². The number of hydrogen-bond acceptors (Lipinski definition) is 16. The zero-order chi connectivity index (χ0) is 55.4. The van der Waals surface area contributed by atoms with Crippen molar-refractivity contribution < 1.29 is 66.7 Å². The van der Waals surface area contributed by atoms with E-state index in [1.807, 2.05) is 19.1 Å². The third kappa shape index (κ3) is 39.1. The van der Waals surface area contributed by atoms with Crippen LogP contribution in [0.3, 0.4) is 0 Å². The monoisotopic (exact) mass is 1090 g/mol. The van der Waals surface area contributed by atoms with Crippen molar-refractivity contribution in [2.75, 3.05) is 98.1 Å². The predicted molar refractivity (Wildman–Crippen MR) is 292 cm³/mol. The maximum atomic E-state index is 13.8. The molecule has 0 unspecified atom stereocenters. The Bertz CT molecular complexity index is 1920. The quantitative estimate of drug-likeness (QED) is 0.0215. The fraction of sp³-hybridized carbons (Fsp3) is 0.655. The average Bonchev–Trinajstić information content (AvgIpc) is 3.36. The van der Waals surface area contributed by atoms with Crippen molar-refractivity contribution in [3.63, 3.8) is 0 Å². The number of nitrogens with one attached hydrogen (secondary N) is 4. The van der Waals surface area contributed by atoms with E-state index in [1.54, 1.807) is 22.9 Å². The summed E-state index contributed by atoms with van der Waals surface area (Å²) in [6.07, 6.45) is 17.3. The molecule has 1 rings (SSSR count). The summed E-state index contributed by atoms with van der Waals surface area (Å²) >= 11 is 0. The maximum Gasteiger partial charge on any atom is 0.313 e. The van der Waals surface area contributed by atoms with Gasteiger partial charge >= 0.3 is 5.97 Å². The van der Waals surface area contributed by atoms with Gasteiger partial charge in [0.25, 0.3) is 0 Å². The number of Topliss-reactive ketones (excluding diaryl/α,β-unsaturated/α-hetero) is 2. The van der Waals surface area contributed by atoms with E-state index in [0.29, 0.717) is 50.8 Å². The lowest BCUT2D eigenvalue weighted by molar-refractivity contribution is -0.135. The molecule has 0 saturated heterocycles. The molecule has 0 fully saturated rings. The number of benzene rings is 1. The van der Waals surface area contributed by atoms with E-state index in [1.165, 1.54) is 10.8 Å². The van der Waals surface area contributed by atoms with Crippen LogP contribution >= 0.6 is 21.6 Å². The molecule has 75 heavy (non-hydrogen) atoms. The van der Waals surface area contributed by atoms with Crippen molar-refractivity contribution in [3.05, 3.63) is 29.8 Å². The molecule has 18 nitrogen and oxygen atoms in total. The number of ether oxygens (including phenoxy) is 7. The lowest BCUT2D eigenvalue weighted by atomic mass is 9.82. The molecule has 0 bridgehead atoms. The van der Waals surface area contributed by atoms with E-state index in [9.17, 15) is 33.6 Å². The smallest absolute Gasteiger partial charge is 0.313 e. The Morgan fingerprint density at radius 2 is 1.07 bits per heavy atom. The SMILES string of the molecule is C#CCOCCNC(=O)CCC(CCC(=O)CCCOCCOCC#C)(CCC(=O)NCCOCC#C)NC(=O)CCCC(=O)N[C@@H](CSSC(C)(C)C)C(=O)CCCOCCOCCC(=O)Oc1ccc(C)cc1. The zero-order valence-corrected chi connectivity index (χ0v) is 46.3. The highest BCUT2D eigenvalue weighted by Gasteiger charge is 2.34. The molecule has 0 heterocycles. The third-order valence-corrected chi connectivity index (χ3v) is 14.0.